The fourth-order valence-corrected chi connectivity index (χ4v) is 2.10. The van der Waals surface area contributed by atoms with Gasteiger partial charge < -0.3 is 14.8 Å². The largest absolute Gasteiger partial charge is 0.349 e. The van der Waals surface area contributed by atoms with Crippen LogP contribution in [0.1, 0.15) is 25.0 Å². The third kappa shape index (κ3) is 4.09. The molecule has 18 heavy (non-hydrogen) atoms. The molecule has 1 heterocycles. The fourth-order valence-electron chi connectivity index (χ4n) is 2.10. The van der Waals surface area contributed by atoms with Crippen LogP contribution in [0.3, 0.4) is 0 Å². The number of aryl methyl sites for hydroxylation is 1. The van der Waals surface area contributed by atoms with Crippen LogP contribution in [0.5, 0.6) is 0 Å². The van der Waals surface area contributed by atoms with Crippen molar-refractivity contribution in [2.45, 2.75) is 39.0 Å². The van der Waals surface area contributed by atoms with Gasteiger partial charge in [-0.25, -0.2) is 0 Å². The Labute approximate surface area is 109 Å². The van der Waals surface area contributed by atoms with Crippen LogP contribution in [0.2, 0.25) is 0 Å². The van der Waals surface area contributed by atoms with E-state index in [9.17, 15) is 0 Å². The first kappa shape index (κ1) is 13.5. The van der Waals surface area contributed by atoms with Gasteiger partial charge >= 0.3 is 0 Å². The minimum atomic E-state index is -0.422. The van der Waals surface area contributed by atoms with E-state index in [0.717, 1.165) is 26.2 Å². The van der Waals surface area contributed by atoms with E-state index >= 15 is 0 Å². The van der Waals surface area contributed by atoms with Gasteiger partial charge in [0.25, 0.3) is 0 Å². The minimum Gasteiger partial charge on any atom is -0.349 e. The Morgan fingerprint density at radius 3 is 2.67 bits per heavy atom. The summed E-state index contributed by atoms with van der Waals surface area (Å²) < 4.78 is 11.2. The third-order valence-corrected chi connectivity index (χ3v) is 3.19. The van der Waals surface area contributed by atoms with Gasteiger partial charge in [-0.05, 0) is 39.3 Å². The van der Waals surface area contributed by atoms with Crippen molar-refractivity contribution in [3.63, 3.8) is 0 Å². The van der Waals surface area contributed by atoms with Crippen molar-refractivity contribution in [2.24, 2.45) is 0 Å². The molecular weight excluding hydrogens is 226 g/mol. The average Bonchev–Trinajstić information content (AvgIpc) is 2.31. The van der Waals surface area contributed by atoms with Crippen LogP contribution in [0, 0.1) is 6.92 Å². The summed E-state index contributed by atoms with van der Waals surface area (Å²) in [5.41, 5.74) is 2.69. The molecule has 1 aliphatic rings. The van der Waals surface area contributed by atoms with E-state index in [0.29, 0.717) is 6.04 Å². The van der Waals surface area contributed by atoms with Crippen molar-refractivity contribution in [2.75, 3.05) is 19.8 Å². The lowest BCUT2D eigenvalue weighted by Crippen LogP contribution is -2.48. The number of benzene rings is 1. The molecule has 1 aromatic carbocycles. The Bertz CT molecular complexity index is 380. The van der Waals surface area contributed by atoms with Crippen LogP contribution in [-0.4, -0.2) is 31.6 Å². The minimum absolute atomic E-state index is 0.308. The normalized spacial score (nSPS) is 19.9. The molecule has 1 aliphatic heterocycles. The van der Waals surface area contributed by atoms with E-state index in [1.54, 1.807) is 0 Å². The predicted octanol–water partition coefficient (Wildman–Crippen LogP) is 2.28. The van der Waals surface area contributed by atoms with Gasteiger partial charge in [-0.2, -0.15) is 0 Å². The SMILES string of the molecule is Cc1cccc(CCNC2COC(C)(C)OC2)c1. The smallest absolute Gasteiger partial charge is 0.162 e. The molecule has 0 saturated carbocycles. The number of hydrogen-bond donors (Lipinski definition) is 1. The lowest BCUT2D eigenvalue weighted by molar-refractivity contribution is -0.252. The molecule has 0 atom stereocenters. The zero-order valence-corrected chi connectivity index (χ0v) is 11.5. The van der Waals surface area contributed by atoms with E-state index in [2.05, 4.69) is 36.5 Å². The summed E-state index contributed by atoms with van der Waals surface area (Å²) in [4.78, 5) is 0. The molecule has 0 unspecified atom stereocenters. The van der Waals surface area contributed by atoms with Crippen molar-refractivity contribution in [1.82, 2.24) is 5.32 Å². The highest BCUT2D eigenvalue weighted by molar-refractivity contribution is 5.22. The van der Waals surface area contributed by atoms with Gasteiger partial charge in [-0.1, -0.05) is 29.8 Å². The molecule has 1 N–H and O–H groups in total. The highest BCUT2D eigenvalue weighted by atomic mass is 16.7. The molecule has 1 aromatic rings. The maximum absolute atomic E-state index is 5.62. The van der Waals surface area contributed by atoms with E-state index in [1.807, 2.05) is 13.8 Å². The average molecular weight is 249 g/mol. The summed E-state index contributed by atoms with van der Waals surface area (Å²) in [5, 5.41) is 3.48. The maximum Gasteiger partial charge on any atom is 0.162 e. The molecule has 0 radical (unpaired) electrons. The highest BCUT2D eigenvalue weighted by Gasteiger charge is 2.27. The first-order valence-electron chi connectivity index (χ1n) is 6.62. The molecular formula is C15H23NO2. The van der Waals surface area contributed by atoms with Crippen molar-refractivity contribution < 1.29 is 9.47 Å². The van der Waals surface area contributed by atoms with Gasteiger partial charge in [0.05, 0.1) is 19.3 Å². The molecule has 1 saturated heterocycles. The van der Waals surface area contributed by atoms with Crippen LogP contribution < -0.4 is 5.32 Å². The van der Waals surface area contributed by atoms with E-state index in [4.69, 9.17) is 9.47 Å². The predicted molar refractivity (Wildman–Crippen MR) is 72.7 cm³/mol. The molecule has 0 aliphatic carbocycles. The first-order valence-corrected chi connectivity index (χ1v) is 6.62. The summed E-state index contributed by atoms with van der Waals surface area (Å²) in [5.74, 6) is -0.422. The quantitative estimate of drug-likeness (QED) is 0.888. The van der Waals surface area contributed by atoms with E-state index in [1.165, 1.54) is 11.1 Å². The van der Waals surface area contributed by atoms with E-state index in [-0.39, 0.29) is 0 Å². The zero-order valence-electron chi connectivity index (χ0n) is 11.5. The summed E-state index contributed by atoms with van der Waals surface area (Å²) in [6.45, 7) is 8.44. The third-order valence-electron chi connectivity index (χ3n) is 3.19. The highest BCUT2D eigenvalue weighted by Crippen LogP contribution is 2.16. The zero-order chi connectivity index (χ0) is 13.0. The first-order chi connectivity index (χ1) is 8.55. The molecule has 1 fully saturated rings. The molecule has 0 amide bonds. The van der Waals surface area contributed by atoms with Gasteiger partial charge in [-0.15, -0.1) is 0 Å². The second-order valence-electron chi connectivity index (χ2n) is 5.41. The lowest BCUT2D eigenvalue weighted by Gasteiger charge is -2.35. The second kappa shape index (κ2) is 5.83. The number of ether oxygens (including phenoxy) is 2. The van der Waals surface area contributed by atoms with E-state index < -0.39 is 5.79 Å². The monoisotopic (exact) mass is 249 g/mol. The molecule has 100 valence electrons. The Balaban J connectivity index is 1.70. The summed E-state index contributed by atoms with van der Waals surface area (Å²) in [7, 11) is 0. The van der Waals surface area contributed by atoms with Crippen molar-refractivity contribution in [1.29, 1.82) is 0 Å². The summed E-state index contributed by atoms with van der Waals surface area (Å²) >= 11 is 0. The van der Waals surface area contributed by atoms with Crippen molar-refractivity contribution in [3.05, 3.63) is 35.4 Å². The molecule has 2 rings (SSSR count). The Hall–Kier alpha value is -0.900. The molecule has 0 spiro atoms. The number of rotatable bonds is 4. The summed E-state index contributed by atoms with van der Waals surface area (Å²) in [6.07, 6.45) is 1.04. The maximum atomic E-state index is 5.62. The van der Waals surface area contributed by atoms with Crippen LogP contribution in [0.4, 0.5) is 0 Å². The Morgan fingerprint density at radius 2 is 2.00 bits per heavy atom. The van der Waals surface area contributed by atoms with Crippen molar-refractivity contribution >= 4 is 0 Å². The van der Waals surface area contributed by atoms with Crippen LogP contribution in [0.15, 0.2) is 24.3 Å². The molecule has 0 bridgehead atoms. The van der Waals surface area contributed by atoms with Crippen LogP contribution >= 0.6 is 0 Å². The molecule has 3 heteroatoms. The fraction of sp³-hybridized carbons (Fsp3) is 0.600. The van der Waals surface area contributed by atoms with Gasteiger partial charge in [-0.3, -0.25) is 0 Å². The van der Waals surface area contributed by atoms with Gasteiger partial charge in [0.1, 0.15) is 0 Å². The number of hydrogen-bond acceptors (Lipinski definition) is 3. The standard InChI is InChI=1S/C15H23NO2/c1-12-5-4-6-13(9-12)7-8-16-14-10-17-15(2,3)18-11-14/h4-6,9,14,16H,7-8,10-11H2,1-3H3. The van der Waals surface area contributed by atoms with Crippen LogP contribution in [0.25, 0.3) is 0 Å². The van der Waals surface area contributed by atoms with Gasteiger partial charge in [0.2, 0.25) is 0 Å². The topological polar surface area (TPSA) is 30.5 Å². The lowest BCUT2D eigenvalue weighted by atomic mass is 10.1. The van der Waals surface area contributed by atoms with Crippen LogP contribution in [-0.2, 0) is 15.9 Å². The summed E-state index contributed by atoms with van der Waals surface area (Å²) in [6, 6.07) is 8.95. The van der Waals surface area contributed by atoms with Crippen molar-refractivity contribution in [3.8, 4) is 0 Å². The Kier molecular flexibility index (Phi) is 4.38. The second-order valence-corrected chi connectivity index (χ2v) is 5.41. The van der Waals surface area contributed by atoms with Gasteiger partial charge in [0, 0.05) is 0 Å². The molecule has 3 nitrogen and oxygen atoms in total. The molecule has 0 aromatic heterocycles. The van der Waals surface area contributed by atoms with Gasteiger partial charge in [0.15, 0.2) is 5.79 Å². The number of nitrogens with one attached hydrogen (secondary N) is 1. The Morgan fingerprint density at radius 1 is 1.28 bits per heavy atom.